The van der Waals surface area contributed by atoms with E-state index >= 15 is 0 Å². The lowest BCUT2D eigenvalue weighted by Crippen LogP contribution is -2.12. The smallest absolute Gasteiger partial charge is 0.122 e. The molecule has 0 amide bonds. The molecule has 1 aromatic carbocycles. The summed E-state index contributed by atoms with van der Waals surface area (Å²) in [6.45, 7) is 0.834. The van der Waals surface area contributed by atoms with Crippen molar-refractivity contribution in [2.24, 2.45) is 0 Å². The van der Waals surface area contributed by atoms with Crippen LogP contribution >= 0.6 is 0 Å². The van der Waals surface area contributed by atoms with Gasteiger partial charge in [-0.1, -0.05) is 12.1 Å². The molecule has 0 unspecified atom stereocenters. The highest BCUT2D eigenvalue weighted by atomic mass is 16.5. The molecule has 0 atom stereocenters. The van der Waals surface area contributed by atoms with Crippen LogP contribution in [0.2, 0.25) is 0 Å². The van der Waals surface area contributed by atoms with E-state index in [1.807, 2.05) is 0 Å². The zero-order valence-electron chi connectivity index (χ0n) is 8.83. The highest BCUT2D eigenvalue weighted by molar-refractivity contribution is 5.39. The van der Waals surface area contributed by atoms with E-state index in [1.165, 1.54) is 11.1 Å². The second-order valence-corrected chi connectivity index (χ2v) is 4.80. The van der Waals surface area contributed by atoms with Crippen LogP contribution in [0.1, 0.15) is 30.4 Å². The van der Waals surface area contributed by atoms with Gasteiger partial charge in [-0.2, -0.15) is 0 Å². The van der Waals surface area contributed by atoms with Crippen LogP contribution in [-0.2, 0) is 12.8 Å². The molecule has 1 aromatic rings. The Balaban J connectivity index is 1.84. The second-order valence-electron chi connectivity index (χ2n) is 4.80. The molecular weight excluding hydrogens is 188 g/mol. The Morgan fingerprint density at radius 3 is 3.00 bits per heavy atom. The number of rotatable bonds is 2. The number of aliphatic hydroxyl groups is 1. The summed E-state index contributed by atoms with van der Waals surface area (Å²) in [4.78, 5) is 0. The van der Waals surface area contributed by atoms with Crippen molar-refractivity contribution in [1.29, 1.82) is 0 Å². The quantitative estimate of drug-likeness (QED) is 0.799. The molecule has 2 heteroatoms. The molecule has 2 aliphatic rings. The molecule has 1 saturated carbocycles. The summed E-state index contributed by atoms with van der Waals surface area (Å²) in [7, 11) is 0. The molecule has 1 aliphatic carbocycles. The number of benzene rings is 1. The Bertz CT molecular complexity index is 380. The lowest BCUT2D eigenvalue weighted by molar-refractivity contribution is 0.151. The molecular formula is C13H16O2. The summed E-state index contributed by atoms with van der Waals surface area (Å²) >= 11 is 0. The molecule has 0 aromatic heterocycles. The zero-order chi connectivity index (χ0) is 10.3. The molecule has 15 heavy (non-hydrogen) atoms. The van der Waals surface area contributed by atoms with Crippen LogP contribution in [0.4, 0.5) is 0 Å². The average Bonchev–Trinajstić information content (AvgIpc) is 2.96. The summed E-state index contributed by atoms with van der Waals surface area (Å²) in [5.41, 5.74) is 2.12. The Kier molecular flexibility index (Phi) is 1.99. The maximum Gasteiger partial charge on any atom is 0.122 e. The van der Waals surface area contributed by atoms with Crippen molar-refractivity contribution in [3.8, 4) is 5.75 Å². The Hall–Kier alpha value is -1.02. The van der Waals surface area contributed by atoms with Gasteiger partial charge in [-0.05, 0) is 42.9 Å². The first-order valence-electron chi connectivity index (χ1n) is 5.72. The largest absolute Gasteiger partial charge is 0.493 e. The van der Waals surface area contributed by atoms with Gasteiger partial charge in [0, 0.05) is 6.42 Å². The number of ether oxygens (including phenoxy) is 1. The SMILES string of the molecule is OC1(Cc2ccc3c(c2)OCCC3)CC1. The van der Waals surface area contributed by atoms with E-state index in [4.69, 9.17) is 4.74 Å². The third kappa shape index (κ3) is 1.86. The third-order valence-corrected chi connectivity index (χ3v) is 3.34. The minimum Gasteiger partial charge on any atom is -0.493 e. The standard InChI is InChI=1S/C13H16O2/c14-13(5-6-13)9-10-3-4-11-2-1-7-15-12(11)8-10/h3-4,8,14H,1-2,5-7,9H2. The number of hydrogen-bond donors (Lipinski definition) is 1. The van der Waals surface area contributed by atoms with Crippen molar-refractivity contribution < 1.29 is 9.84 Å². The van der Waals surface area contributed by atoms with Crippen LogP contribution in [0, 0.1) is 0 Å². The van der Waals surface area contributed by atoms with Crippen molar-refractivity contribution in [3.05, 3.63) is 29.3 Å². The van der Waals surface area contributed by atoms with Crippen molar-refractivity contribution in [1.82, 2.24) is 0 Å². The van der Waals surface area contributed by atoms with Gasteiger partial charge in [0.2, 0.25) is 0 Å². The first kappa shape index (κ1) is 9.22. The van der Waals surface area contributed by atoms with E-state index in [-0.39, 0.29) is 0 Å². The molecule has 1 heterocycles. The number of hydrogen-bond acceptors (Lipinski definition) is 2. The van der Waals surface area contributed by atoms with E-state index in [1.54, 1.807) is 0 Å². The Morgan fingerprint density at radius 2 is 2.20 bits per heavy atom. The minimum atomic E-state index is -0.400. The predicted molar refractivity (Wildman–Crippen MR) is 58.1 cm³/mol. The molecule has 3 rings (SSSR count). The predicted octanol–water partition coefficient (Wildman–Crippen LogP) is 2.08. The Labute approximate surface area is 89.9 Å². The van der Waals surface area contributed by atoms with Gasteiger partial charge < -0.3 is 9.84 Å². The highest BCUT2D eigenvalue weighted by Gasteiger charge is 2.40. The van der Waals surface area contributed by atoms with Crippen LogP contribution < -0.4 is 4.74 Å². The van der Waals surface area contributed by atoms with Crippen molar-refractivity contribution >= 4 is 0 Å². The summed E-state index contributed by atoms with van der Waals surface area (Å²) in [5.74, 6) is 1.03. The fourth-order valence-corrected chi connectivity index (χ4v) is 2.20. The molecule has 0 radical (unpaired) electrons. The molecule has 2 nitrogen and oxygen atoms in total. The fourth-order valence-electron chi connectivity index (χ4n) is 2.20. The molecule has 0 spiro atoms. The molecule has 0 bridgehead atoms. The minimum absolute atomic E-state index is 0.400. The van der Waals surface area contributed by atoms with E-state index < -0.39 is 5.60 Å². The van der Waals surface area contributed by atoms with Gasteiger partial charge in [-0.15, -0.1) is 0 Å². The molecule has 1 fully saturated rings. The van der Waals surface area contributed by atoms with Crippen LogP contribution in [0.15, 0.2) is 18.2 Å². The lowest BCUT2D eigenvalue weighted by Gasteiger charge is -2.18. The lowest BCUT2D eigenvalue weighted by atomic mass is 10.0. The van der Waals surface area contributed by atoms with E-state index in [0.29, 0.717) is 0 Å². The molecule has 1 aliphatic heterocycles. The van der Waals surface area contributed by atoms with Gasteiger partial charge in [0.15, 0.2) is 0 Å². The molecule has 80 valence electrons. The van der Waals surface area contributed by atoms with Crippen LogP contribution in [-0.4, -0.2) is 17.3 Å². The zero-order valence-corrected chi connectivity index (χ0v) is 8.83. The summed E-state index contributed by atoms with van der Waals surface area (Å²) < 4.78 is 5.62. The van der Waals surface area contributed by atoms with Crippen LogP contribution in [0.3, 0.4) is 0 Å². The summed E-state index contributed by atoms with van der Waals surface area (Å²) in [6.07, 6.45) is 4.93. The summed E-state index contributed by atoms with van der Waals surface area (Å²) in [5, 5.41) is 9.85. The first-order chi connectivity index (χ1) is 7.25. The first-order valence-corrected chi connectivity index (χ1v) is 5.72. The topological polar surface area (TPSA) is 29.5 Å². The normalized spacial score (nSPS) is 21.7. The van der Waals surface area contributed by atoms with E-state index in [2.05, 4.69) is 18.2 Å². The van der Waals surface area contributed by atoms with Crippen molar-refractivity contribution in [2.45, 2.75) is 37.7 Å². The van der Waals surface area contributed by atoms with Crippen molar-refractivity contribution in [2.75, 3.05) is 6.61 Å². The maximum atomic E-state index is 9.85. The van der Waals surface area contributed by atoms with Gasteiger partial charge in [-0.25, -0.2) is 0 Å². The fraction of sp³-hybridized carbons (Fsp3) is 0.538. The molecule has 1 N–H and O–H groups in total. The van der Waals surface area contributed by atoms with Gasteiger partial charge in [-0.3, -0.25) is 0 Å². The van der Waals surface area contributed by atoms with E-state index in [0.717, 1.165) is 44.5 Å². The maximum absolute atomic E-state index is 9.85. The van der Waals surface area contributed by atoms with E-state index in [9.17, 15) is 5.11 Å². The van der Waals surface area contributed by atoms with Gasteiger partial charge in [0.25, 0.3) is 0 Å². The number of fused-ring (bicyclic) bond motifs is 1. The Morgan fingerprint density at radius 1 is 1.33 bits per heavy atom. The third-order valence-electron chi connectivity index (χ3n) is 3.34. The monoisotopic (exact) mass is 204 g/mol. The average molecular weight is 204 g/mol. The summed E-state index contributed by atoms with van der Waals surface area (Å²) in [6, 6.07) is 6.38. The number of aryl methyl sites for hydroxylation is 1. The van der Waals surface area contributed by atoms with Gasteiger partial charge >= 0.3 is 0 Å². The van der Waals surface area contributed by atoms with Gasteiger partial charge in [0.1, 0.15) is 5.75 Å². The van der Waals surface area contributed by atoms with Crippen LogP contribution in [0.25, 0.3) is 0 Å². The van der Waals surface area contributed by atoms with Crippen molar-refractivity contribution in [3.63, 3.8) is 0 Å². The highest BCUT2D eigenvalue weighted by Crippen LogP contribution is 2.39. The van der Waals surface area contributed by atoms with Gasteiger partial charge in [0.05, 0.1) is 12.2 Å². The van der Waals surface area contributed by atoms with Crippen LogP contribution in [0.5, 0.6) is 5.75 Å². The second kappa shape index (κ2) is 3.24. The molecule has 0 saturated heterocycles.